The second-order valence-corrected chi connectivity index (χ2v) is 5.33. The summed E-state index contributed by atoms with van der Waals surface area (Å²) in [5.74, 6) is 0.0994. The Morgan fingerprint density at radius 2 is 2.06 bits per heavy atom. The molecule has 0 aromatic rings. The van der Waals surface area contributed by atoms with Crippen LogP contribution in [0.3, 0.4) is 0 Å². The van der Waals surface area contributed by atoms with Crippen molar-refractivity contribution in [2.45, 2.75) is 53.0 Å². The summed E-state index contributed by atoms with van der Waals surface area (Å²) in [5.41, 5.74) is 5.69. The van der Waals surface area contributed by atoms with Gasteiger partial charge in [0.1, 0.15) is 0 Å². The van der Waals surface area contributed by atoms with Gasteiger partial charge in [-0.15, -0.1) is 0 Å². The van der Waals surface area contributed by atoms with Crippen molar-refractivity contribution in [2.24, 2.45) is 11.1 Å². The molecular formula is C13H28N2O2. The summed E-state index contributed by atoms with van der Waals surface area (Å²) >= 11 is 0. The van der Waals surface area contributed by atoms with E-state index in [4.69, 9.17) is 10.5 Å². The molecule has 0 bridgehead atoms. The van der Waals surface area contributed by atoms with E-state index < -0.39 is 0 Å². The van der Waals surface area contributed by atoms with E-state index >= 15 is 0 Å². The van der Waals surface area contributed by atoms with Crippen molar-refractivity contribution >= 4 is 5.91 Å². The number of hydrogen-bond donors (Lipinski definition) is 2. The maximum Gasteiger partial charge on any atom is 0.220 e. The molecule has 1 atom stereocenters. The Bertz CT molecular complexity index is 217. The van der Waals surface area contributed by atoms with Crippen molar-refractivity contribution in [1.82, 2.24) is 5.32 Å². The first kappa shape index (κ1) is 16.4. The van der Waals surface area contributed by atoms with Gasteiger partial charge in [-0.2, -0.15) is 0 Å². The van der Waals surface area contributed by atoms with Crippen molar-refractivity contribution in [3.63, 3.8) is 0 Å². The number of rotatable bonds is 9. The Labute approximate surface area is 105 Å². The highest BCUT2D eigenvalue weighted by atomic mass is 16.5. The third kappa shape index (κ3) is 9.12. The molecule has 3 N–H and O–H groups in total. The molecule has 0 aliphatic carbocycles. The first-order chi connectivity index (χ1) is 7.91. The number of nitrogens with one attached hydrogen (secondary N) is 1. The summed E-state index contributed by atoms with van der Waals surface area (Å²) in [7, 11) is 0. The van der Waals surface area contributed by atoms with Crippen LogP contribution in [0.1, 0.15) is 47.0 Å². The zero-order valence-corrected chi connectivity index (χ0v) is 11.7. The average Bonchev–Trinajstić information content (AvgIpc) is 2.24. The summed E-state index contributed by atoms with van der Waals surface area (Å²) in [6, 6.07) is 0.0834. The predicted octanol–water partition coefficient (Wildman–Crippen LogP) is 1.68. The fraction of sp³-hybridized carbons (Fsp3) is 0.923. The van der Waals surface area contributed by atoms with Gasteiger partial charge in [0.15, 0.2) is 0 Å². The summed E-state index contributed by atoms with van der Waals surface area (Å²) in [5, 5.41) is 2.93. The minimum Gasteiger partial charge on any atom is -0.380 e. The van der Waals surface area contributed by atoms with Crippen LogP contribution in [0, 0.1) is 5.41 Å². The normalized spacial score (nSPS) is 13.5. The van der Waals surface area contributed by atoms with Crippen molar-refractivity contribution in [3.05, 3.63) is 0 Å². The molecule has 0 spiro atoms. The van der Waals surface area contributed by atoms with Crippen LogP contribution in [0.25, 0.3) is 0 Å². The van der Waals surface area contributed by atoms with Gasteiger partial charge in [-0.25, -0.2) is 0 Å². The highest BCUT2D eigenvalue weighted by Gasteiger charge is 2.18. The predicted molar refractivity (Wildman–Crippen MR) is 70.8 cm³/mol. The van der Waals surface area contributed by atoms with Gasteiger partial charge >= 0.3 is 0 Å². The Morgan fingerprint density at radius 1 is 1.41 bits per heavy atom. The first-order valence-corrected chi connectivity index (χ1v) is 6.48. The molecule has 4 nitrogen and oxygen atoms in total. The number of hydrogen-bond acceptors (Lipinski definition) is 3. The maximum atomic E-state index is 11.7. The molecular weight excluding hydrogens is 216 g/mol. The fourth-order valence-corrected chi connectivity index (χ4v) is 1.65. The van der Waals surface area contributed by atoms with Crippen molar-refractivity contribution in [1.29, 1.82) is 0 Å². The molecule has 0 aliphatic heterocycles. The molecule has 0 aromatic carbocycles. The lowest BCUT2D eigenvalue weighted by molar-refractivity contribution is -0.122. The molecule has 17 heavy (non-hydrogen) atoms. The summed E-state index contributed by atoms with van der Waals surface area (Å²) in [6.45, 7) is 10.1. The standard InChI is InChI=1S/C13H28N2O2/c1-5-17-10-11(2)15-12(16)6-7-13(3,4)8-9-14/h11H,5-10,14H2,1-4H3,(H,15,16). The lowest BCUT2D eigenvalue weighted by Gasteiger charge is -2.23. The van der Waals surface area contributed by atoms with Gasteiger partial charge in [-0.05, 0) is 38.6 Å². The number of carbonyl (C=O) groups excluding carboxylic acids is 1. The van der Waals surface area contributed by atoms with Crippen LogP contribution in [-0.4, -0.2) is 31.7 Å². The smallest absolute Gasteiger partial charge is 0.220 e. The van der Waals surface area contributed by atoms with E-state index in [1.54, 1.807) is 0 Å². The zero-order chi connectivity index (χ0) is 13.3. The second kappa shape index (κ2) is 8.48. The van der Waals surface area contributed by atoms with Crippen molar-refractivity contribution < 1.29 is 9.53 Å². The van der Waals surface area contributed by atoms with Crippen LogP contribution in [0.15, 0.2) is 0 Å². The monoisotopic (exact) mass is 244 g/mol. The molecule has 0 aromatic heterocycles. The van der Waals surface area contributed by atoms with Crippen LogP contribution >= 0.6 is 0 Å². The first-order valence-electron chi connectivity index (χ1n) is 6.48. The molecule has 1 unspecified atom stereocenters. The van der Waals surface area contributed by atoms with Gasteiger partial charge in [-0.3, -0.25) is 4.79 Å². The highest BCUT2D eigenvalue weighted by molar-refractivity contribution is 5.76. The van der Waals surface area contributed by atoms with Gasteiger partial charge in [0.2, 0.25) is 5.91 Å². The van der Waals surface area contributed by atoms with E-state index in [9.17, 15) is 4.79 Å². The van der Waals surface area contributed by atoms with Crippen LogP contribution in [0.4, 0.5) is 0 Å². The van der Waals surface area contributed by atoms with Crippen LogP contribution in [0.2, 0.25) is 0 Å². The fourth-order valence-electron chi connectivity index (χ4n) is 1.65. The molecule has 0 rings (SSSR count). The van der Waals surface area contributed by atoms with Crippen LogP contribution < -0.4 is 11.1 Å². The van der Waals surface area contributed by atoms with Crippen LogP contribution in [0.5, 0.6) is 0 Å². The van der Waals surface area contributed by atoms with Gasteiger partial charge in [-0.1, -0.05) is 13.8 Å². The van der Waals surface area contributed by atoms with Crippen molar-refractivity contribution in [2.75, 3.05) is 19.8 Å². The largest absolute Gasteiger partial charge is 0.380 e. The molecule has 1 amide bonds. The van der Waals surface area contributed by atoms with Gasteiger partial charge in [0.05, 0.1) is 6.61 Å². The highest BCUT2D eigenvalue weighted by Crippen LogP contribution is 2.25. The summed E-state index contributed by atoms with van der Waals surface area (Å²) in [6.07, 6.45) is 2.38. The Balaban J connectivity index is 3.79. The Morgan fingerprint density at radius 3 is 2.59 bits per heavy atom. The molecule has 0 saturated carbocycles. The molecule has 102 valence electrons. The van der Waals surface area contributed by atoms with E-state index in [-0.39, 0.29) is 17.4 Å². The SMILES string of the molecule is CCOCC(C)NC(=O)CCC(C)(C)CCN. The molecule has 0 heterocycles. The zero-order valence-electron chi connectivity index (χ0n) is 11.7. The quantitative estimate of drug-likeness (QED) is 0.648. The topological polar surface area (TPSA) is 64.3 Å². The molecule has 0 aliphatic rings. The summed E-state index contributed by atoms with van der Waals surface area (Å²) < 4.78 is 5.25. The van der Waals surface area contributed by atoms with E-state index in [1.807, 2.05) is 13.8 Å². The minimum atomic E-state index is 0.0834. The number of ether oxygens (including phenoxy) is 1. The number of carbonyl (C=O) groups is 1. The van der Waals surface area contributed by atoms with E-state index in [0.29, 0.717) is 26.2 Å². The van der Waals surface area contributed by atoms with Gasteiger partial charge in [0, 0.05) is 19.1 Å². The Hall–Kier alpha value is -0.610. The number of amides is 1. The lowest BCUT2D eigenvalue weighted by Crippen LogP contribution is -2.36. The van der Waals surface area contributed by atoms with E-state index in [0.717, 1.165) is 12.8 Å². The van der Waals surface area contributed by atoms with Gasteiger partial charge < -0.3 is 15.8 Å². The van der Waals surface area contributed by atoms with Crippen LogP contribution in [-0.2, 0) is 9.53 Å². The molecule has 0 saturated heterocycles. The molecule has 0 radical (unpaired) electrons. The molecule has 0 fully saturated rings. The maximum absolute atomic E-state index is 11.7. The van der Waals surface area contributed by atoms with E-state index in [2.05, 4.69) is 19.2 Å². The third-order valence-electron chi connectivity index (χ3n) is 2.83. The number of nitrogens with two attached hydrogens (primary N) is 1. The van der Waals surface area contributed by atoms with E-state index in [1.165, 1.54) is 0 Å². The minimum absolute atomic E-state index is 0.0834. The van der Waals surface area contributed by atoms with Crippen molar-refractivity contribution in [3.8, 4) is 0 Å². The van der Waals surface area contributed by atoms with Gasteiger partial charge in [0.25, 0.3) is 0 Å². The molecule has 4 heteroatoms. The Kier molecular flexibility index (Phi) is 8.17. The second-order valence-electron chi connectivity index (χ2n) is 5.33. The average molecular weight is 244 g/mol. The summed E-state index contributed by atoms with van der Waals surface area (Å²) in [4.78, 5) is 11.7. The lowest BCUT2D eigenvalue weighted by atomic mass is 9.84. The third-order valence-corrected chi connectivity index (χ3v) is 2.83.